The molecule has 1 aromatic heterocycles. The maximum atomic E-state index is 13.5. The fraction of sp³-hybridized carbons (Fsp3) is 0.207. The third kappa shape index (κ3) is 6.41. The largest absolute Gasteiger partial charge is 0.497 e. The summed E-state index contributed by atoms with van der Waals surface area (Å²) >= 11 is 0. The van der Waals surface area contributed by atoms with E-state index in [1.54, 1.807) is 47.1 Å². The minimum Gasteiger partial charge on any atom is -0.497 e. The molecule has 0 saturated heterocycles. The van der Waals surface area contributed by atoms with Gasteiger partial charge >= 0.3 is 0 Å². The van der Waals surface area contributed by atoms with Crippen LogP contribution in [-0.4, -0.2) is 46.7 Å². The van der Waals surface area contributed by atoms with Crippen LogP contribution >= 0.6 is 0 Å². The van der Waals surface area contributed by atoms with Crippen LogP contribution in [0.5, 0.6) is 5.75 Å². The molecule has 190 valence electrons. The predicted octanol–water partition coefficient (Wildman–Crippen LogP) is 5.42. The smallest absolute Gasteiger partial charge is 0.254 e. The van der Waals surface area contributed by atoms with Gasteiger partial charge in [-0.05, 0) is 48.4 Å². The van der Waals surface area contributed by atoms with Gasteiger partial charge in [-0.2, -0.15) is 5.10 Å². The van der Waals surface area contributed by atoms with Gasteiger partial charge in [0.25, 0.3) is 5.91 Å². The SMILES string of the molecule is COc1cccc(C(=O)N(CC(=O)Nc2cc(-c3ccccc3)nn2-c2ccc(F)cc2)CC(C)C)c1. The monoisotopic (exact) mass is 500 g/mol. The maximum absolute atomic E-state index is 13.5. The molecule has 0 fully saturated rings. The highest BCUT2D eigenvalue weighted by Crippen LogP contribution is 2.25. The quantitative estimate of drug-likeness (QED) is 0.333. The Labute approximate surface area is 215 Å². The van der Waals surface area contributed by atoms with E-state index in [-0.39, 0.29) is 30.1 Å². The number of methoxy groups -OCH3 is 1. The van der Waals surface area contributed by atoms with Gasteiger partial charge in [0.2, 0.25) is 5.91 Å². The van der Waals surface area contributed by atoms with Gasteiger partial charge in [-0.25, -0.2) is 9.07 Å². The second-order valence-corrected chi connectivity index (χ2v) is 9.03. The van der Waals surface area contributed by atoms with E-state index in [1.165, 1.54) is 24.1 Å². The van der Waals surface area contributed by atoms with E-state index < -0.39 is 0 Å². The predicted molar refractivity (Wildman–Crippen MR) is 141 cm³/mol. The fourth-order valence-electron chi connectivity index (χ4n) is 3.95. The fourth-order valence-corrected chi connectivity index (χ4v) is 3.95. The molecular weight excluding hydrogens is 471 g/mol. The highest BCUT2D eigenvalue weighted by atomic mass is 19.1. The van der Waals surface area contributed by atoms with Gasteiger partial charge in [0.15, 0.2) is 0 Å². The maximum Gasteiger partial charge on any atom is 0.254 e. The van der Waals surface area contributed by atoms with Crippen molar-refractivity contribution >= 4 is 17.6 Å². The molecule has 4 rings (SSSR count). The highest BCUT2D eigenvalue weighted by Gasteiger charge is 2.22. The topological polar surface area (TPSA) is 76.5 Å². The lowest BCUT2D eigenvalue weighted by molar-refractivity contribution is -0.117. The Morgan fingerprint density at radius 3 is 2.41 bits per heavy atom. The molecule has 7 nitrogen and oxygen atoms in total. The zero-order valence-electron chi connectivity index (χ0n) is 21.0. The van der Waals surface area contributed by atoms with E-state index in [2.05, 4.69) is 10.4 Å². The Morgan fingerprint density at radius 2 is 1.73 bits per heavy atom. The number of carbonyl (C=O) groups is 2. The molecule has 0 saturated carbocycles. The molecule has 37 heavy (non-hydrogen) atoms. The van der Waals surface area contributed by atoms with E-state index in [4.69, 9.17) is 4.74 Å². The third-order valence-corrected chi connectivity index (χ3v) is 5.64. The number of carbonyl (C=O) groups excluding carboxylic acids is 2. The zero-order chi connectivity index (χ0) is 26.4. The first-order chi connectivity index (χ1) is 17.8. The number of hydrogen-bond acceptors (Lipinski definition) is 4. The summed E-state index contributed by atoms with van der Waals surface area (Å²) in [5.74, 6) is 0.117. The Kier molecular flexibility index (Phi) is 7.98. The number of nitrogens with one attached hydrogen (secondary N) is 1. The van der Waals surface area contributed by atoms with Gasteiger partial charge in [-0.15, -0.1) is 0 Å². The van der Waals surface area contributed by atoms with E-state index >= 15 is 0 Å². The summed E-state index contributed by atoms with van der Waals surface area (Å²) in [5.41, 5.74) is 2.54. The zero-order valence-corrected chi connectivity index (χ0v) is 21.0. The summed E-state index contributed by atoms with van der Waals surface area (Å²) in [6.45, 7) is 4.22. The Morgan fingerprint density at radius 1 is 1.00 bits per heavy atom. The van der Waals surface area contributed by atoms with E-state index in [0.29, 0.717) is 35.1 Å². The lowest BCUT2D eigenvalue weighted by Gasteiger charge is -2.24. The van der Waals surface area contributed by atoms with E-state index in [1.807, 2.05) is 44.2 Å². The number of ether oxygens (including phenoxy) is 1. The van der Waals surface area contributed by atoms with Crippen molar-refractivity contribution in [3.8, 4) is 22.7 Å². The van der Waals surface area contributed by atoms with Crippen molar-refractivity contribution in [2.24, 2.45) is 5.92 Å². The number of amides is 2. The summed E-state index contributed by atoms with van der Waals surface area (Å²) in [5, 5.41) is 7.54. The molecule has 0 unspecified atom stereocenters. The van der Waals surface area contributed by atoms with E-state index in [0.717, 1.165) is 5.56 Å². The minimum atomic E-state index is -0.375. The summed E-state index contributed by atoms with van der Waals surface area (Å²) in [6.07, 6.45) is 0. The lowest BCUT2D eigenvalue weighted by atomic mass is 10.1. The summed E-state index contributed by atoms with van der Waals surface area (Å²) in [4.78, 5) is 28.0. The minimum absolute atomic E-state index is 0.149. The molecule has 0 aliphatic carbocycles. The average Bonchev–Trinajstić information content (AvgIpc) is 3.32. The van der Waals surface area contributed by atoms with Crippen LogP contribution in [0.15, 0.2) is 84.9 Å². The lowest BCUT2D eigenvalue weighted by Crippen LogP contribution is -2.40. The third-order valence-electron chi connectivity index (χ3n) is 5.64. The molecule has 2 amide bonds. The average molecular weight is 501 g/mol. The van der Waals surface area contributed by atoms with Crippen LogP contribution < -0.4 is 10.1 Å². The summed E-state index contributed by atoms with van der Waals surface area (Å²) in [6, 6.07) is 24.0. The van der Waals surface area contributed by atoms with Crippen LogP contribution in [0, 0.1) is 11.7 Å². The van der Waals surface area contributed by atoms with Crippen LogP contribution in [-0.2, 0) is 4.79 Å². The van der Waals surface area contributed by atoms with Crippen molar-refractivity contribution in [1.82, 2.24) is 14.7 Å². The molecule has 0 bridgehead atoms. The normalized spacial score (nSPS) is 10.8. The van der Waals surface area contributed by atoms with Crippen molar-refractivity contribution < 1.29 is 18.7 Å². The number of aromatic nitrogens is 2. The van der Waals surface area contributed by atoms with Crippen LogP contribution in [0.25, 0.3) is 16.9 Å². The molecule has 0 aliphatic heterocycles. The van der Waals surface area contributed by atoms with Crippen LogP contribution in [0.4, 0.5) is 10.2 Å². The molecule has 3 aromatic carbocycles. The number of benzene rings is 3. The molecule has 0 radical (unpaired) electrons. The molecular formula is C29H29FN4O3. The molecule has 4 aromatic rings. The summed E-state index contributed by atoms with van der Waals surface area (Å²) in [7, 11) is 1.54. The number of hydrogen-bond donors (Lipinski definition) is 1. The van der Waals surface area contributed by atoms with E-state index in [9.17, 15) is 14.0 Å². The first kappa shape index (κ1) is 25.6. The molecule has 1 N–H and O–H groups in total. The van der Waals surface area contributed by atoms with Crippen molar-refractivity contribution in [3.05, 3.63) is 96.3 Å². The Bertz CT molecular complexity index is 1370. The first-order valence-electron chi connectivity index (χ1n) is 12.0. The van der Waals surface area contributed by atoms with Crippen molar-refractivity contribution in [1.29, 1.82) is 0 Å². The highest BCUT2D eigenvalue weighted by molar-refractivity contribution is 5.99. The van der Waals surface area contributed by atoms with Crippen LogP contribution in [0.3, 0.4) is 0 Å². The first-order valence-corrected chi connectivity index (χ1v) is 12.0. The number of halogens is 1. The second-order valence-electron chi connectivity index (χ2n) is 9.03. The van der Waals surface area contributed by atoms with Crippen molar-refractivity contribution in [3.63, 3.8) is 0 Å². The van der Waals surface area contributed by atoms with Crippen LogP contribution in [0.2, 0.25) is 0 Å². The number of anilines is 1. The summed E-state index contributed by atoms with van der Waals surface area (Å²) < 4.78 is 20.3. The van der Waals surface area contributed by atoms with Gasteiger partial charge in [-0.3, -0.25) is 9.59 Å². The molecule has 0 atom stereocenters. The number of rotatable bonds is 9. The Hall–Kier alpha value is -4.46. The number of nitrogens with zero attached hydrogens (tertiary/aromatic N) is 3. The van der Waals surface area contributed by atoms with Gasteiger partial charge in [-0.1, -0.05) is 50.2 Å². The standard InChI is InChI=1S/C29H29FN4O3/c1-20(2)18-33(29(36)22-10-7-11-25(16-22)37-3)19-28(35)31-27-17-26(21-8-5-4-6-9-21)32-34(27)24-14-12-23(30)13-15-24/h4-17,20H,18-19H2,1-3H3,(H,31,35). The van der Waals surface area contributed by atoms with Gasteiger partial charge < -0.3 is 15.0 Å². The molecule has 8 heteroatoms. The second kappa shape index (κ2) is 11.5. The van der Waals surface area contributed by atoms with Crippen molar-refractivity contribution in [2.45, 2.75) is 13.8 Å². The molecule has 1 heterocycles. The van der Waals surface area contributed by atoms with Crippen molar-refractivity contribution in [2.75, 3.05) is 25.5 Å². The molecule has 0 spiro atoms. The van der Waals surface area contributed by atoms with Crippen LogP contribution in [0.1, 0.15) is 24.2 Å². The van der Waals surface area contributed by atoms with Gasteiger partial charge in [0.1, 0.15) is 23.9 Å². The van der Waals surface area contributed by atoms with Gasteiger partial charge in [0, 0.05) is 23.7 Å². The molecule has 0 aliphatic rings. The van der Waals surface area contributed by atoms with Gasteiger partial charge in [0.05, 0.1) is 18.5 Å². The Balaban J connectivity index is 1.61.